The lowest BCUT2D eigenvalue weighted by Crippen LogP contribution is -2.35. The molecule has 1 saturated heterocycles. The average Bonchev–Trinajstić information content (AvgIpc) is 3.24. The van der Waals surface area contributed by atoms with Crippen molar-refractivity contribution in [3.05, 3.63) is 94.7 Å². The SMILES string of the molecule is Clc1ccccc1C1(c2nnc(Cc3cccc4ccccc34)o2)CCOCC1. The molecule has 146 valence electrons. The van der Waals surface area contributed by atoms with E-state index in [1.807, 2.05) is 18.2 Å². The molecule has 1 fully saturated rings. The second-order valence-electron chi connectivity index (χ2n) is 7.49. The molecule has 1 aliphatic heterocycles. The number of hydrogen-bond donors (Lipinski definition) is 0. The van der Waals surface area contributed by atoms with Crippen molar-refractivity contribution in [3.63, 3.8) is 0 Å². The van der Waals surface area contributed by atoms with E-state index in [9.17, 15) is 0 Å². The van der Waals surface area contributed by atoms with E-state index in [0.29, 0.717) is 31.4 Å². The summed E-state index contributed by atoms with van der Waals surface area (Å²) in [5, 5.41) is 12.0. The Morgan fingerprint density at radius 3 is 2.48 bits per heavy atom. The number of benzene rings is 3. The number of hydrogen-bond acceptors (Lipinski definition) is 4. The fourth-order valence-corrected chi connectivity index (χ4v) is 4.61. The highest BCUT2D eigenvalue weighted by Gasteiger charge is 2.42. The minimum absolute atomic E-state index is 0.402. The maximum atomic E-state index is 6.57. The Balaban J connectivity index is 1.53. The van der Waals surface area contributed by atoms with Crippen molar-refractivity contribution in [2.75, 3.05) is 13.2 Å². The maximum Gasteiger partial charge on any atom is 0.227 e. The Bertz CT molecular complexity index is 1140. The molecule has 2 heterocycles. The predicted molar refractivity (Wildman–Crippen MR) is 113 cm³/mol. The Labute approximate surface area is 174 Å². The van der Waals surface area contributed by atoms with Crippen molar-refractivity contribution in [2.45, 2.75) is 24.7 Å². The molecule has 0 saturated carbocycles. The number of nitrogens with zero attached hydrogens (tertiary/aromatic N) is 2. The highest BCUT2D eigenvalue weighted by Crippen LogP contribution is 2.43. The summed E-state index contributed by atoms with van der Waals surface area (Å²) in [5.41, 5.74) is 1.81. The zero-order valence-electron chi connectivity index (χ0n) is 16.0. The molecular weight excluding hydrogens is 384 g/mol. The number of aromatic nitrogens is 2. The van der Waals surface area contributed by atoms with Gasteiger partial charge in [-0.25, -0.2) is 0 Å². The Hall–Kier alpha value is -2.69. The van der Waals surface area contributed by atoms with E-state index in [1.165, 1.54) is 16.3 Å². The minimum atomic E-state index is -0.402. The van der Waals surface area contributed by atoms with Gasteiger partial charge in [0.05, 0.1) is 11.8 Å². The second kappa shape index (κ2) is 7.62. The van der Waals surface area contributed by atoms with Crippen LogP contribution in [0.2, 0.25) is 5.02 Å². The Morgan fingerprint density at radius 2 is 1.62 bits per heavy atom. The lowest BCUT2D eigenvalue weighted by Gasteiger charge is -2.35. The van der Waals surface area contributed by atoms with E-state index < -0.39 is 5.41 Å². The molecule has 0 unspecified atom stereocenters. The van der Waals surface area contributed by atoms with Crippen molar-refractivity contribution in [3.8, 4) is 0 Å². The van der Waals surface area contributed by atoms with Gasteiger partial charge in [-0.05, 0) is 40.8 Å². The number of fused-ring (bicyclic) bond motifs is 1. The number of halogens is 1. The summed E-state index contributed by atoms with van der Waals surface area (Å²) in [5.74, 6) is 1.25. The lowest BCUT2D eigenvalue weighted by molar-refractivity contribution is 0.0541. The van der Waals surface area contributed by atoms with E-state index in [4.69, 9.17) is 20.8 Å². The third-order valence-electron chi connectivity index (χ3n) is 5.83. The molecule has 0 aliphatic carbocycles. The molecule has 0 bridgehead atoms. The first-order chi connectivity index (χ1) is 14.3. The Morgan fingerprint density at radius 1 is 0.862 bits per heavy atom. The van der Waals surface area contributed by atoms with Gasteiger partial charge in [0, 0.05) is 18.2 Å². The summed E-state index contributed by atoms with van der Waals surface area (Å²) in [4.78, 5) is 0. The predicted octanol–water partition coefficient (Wildman–Crippen LogP) is 5.56. The normalized spacial score (nSPS) is 16.2. The van der Waals surface area contributed by atoms with E-state index in [1.54, 1.807) is 0 Å². The van der Waals surface area contributed by atoms with Crippen LogP contribution in [-0.2, 0) is 16.6 Å². The van der Waals surface area contributed by atoms with Crippen LogP contribution < -0.4 is 0 Å². The van der Waals surface area contributed by atoms with Gasteiger partial charge >= 0.3 is 0 Å². The first kappa shape index (κ1) is 18.3. The van der Waals surface area contributed by atoms with Crippen molar-refractivity contribution >= 4 is 22.4 Å². The third-order valence-corrected chi connectivity index (χ3v) is 6.16. The van der Waals surface area contributed by atoms with Gasteiger partial charge in [0.2, 0.25) is 11.8 Å². The fraction of sp³-hybridized carbons (Fsp3) is 0.250. The average molecular weight is 405 g/mol. The van der Waals surface area contributed by atoms with Gasteiger partial charge < -0.3 is 9.15 Å². The summed E-state index contributed by atoms with van der Waals surface area (Å²) < 4.78 is 11.9. The maximum absolute atomic E-state index is 6.57. The molecule has 5 rings (SSSR count). The molecule has 1 aliphatic rings. The van der Waals surface area contributed by atoms with Gasteiger partial charge in [-0.1, -0.05) is 72.3 Å². The zero-order valence-corrected chi connectivity index (χ0v) is 16.7. The highest BCUT2D eigenvalue weighted by atomic mass is 35.5. The van der Waals surface area contributed by atoms with Crippen LogP contribution in [0.15, 0.2) is 71.1 Å². The van der Waals surface area contributed by atoms with Crippen molar-refractivity contribution in [2.24, 2.45) is 0 Å². The van der Waals surface area contributed by atoms with Gasteiger partial charge in [0.15, 0.2) is 0 Å². The fourth-order valence-electron chi connectivity index (χ4n) is 4.30. The van der Waals surface area contributed by atoms with Crippen LogP contribution in [0, 0.1) is 0 Å². The second-order valence-corrected chi connectivity index (χ2v) is 7.90. The molecule has 4 nitrogen and oxygen atoms in total. The van der Waals surface area contributed by atoms with Gasteiger partial charge in [-0.2, -0.15) is 0 Å². The van der Waals surface area contributed by atoms with E-state index in [0.717, 1.165) is 23.4 Å². The summed E-state index contributed by atoms with van der Waals surface area (Å²) in [6.45, 7) is 1.29. The van der Waals surface area contributed by atoms with E-state index in [-0.39, 0.29) is 0 Å². The minimum Gasteiger partial charge on any atom is -0.424 e. The van der Waals surface area contributed by atoms with Crippen LogP contribution in [0.4, 0.5) is 0 Å². The summed E-state index contributed by atoms with van der Waals surface area (Å²) in [6.07, 6.45) is 2.14. The quantitative estimate of drug-likeness (QED) is 0.446. The van der Waals surface area contributed by atoms with Crippen LogP contribution in [0.25, 0.3) is 10.8 Å². The van der Waals surface area contributed by atoms with E-state index >= 15 is 0 Å². The van der Waals surface area contributed by atoms with Crippen LogP contribution in [0.5, 0.6) is 0 Å². The van der Waals surface area contributed by atoms with Gasteiger partial charge in [-0.3, -0.25) is 0 Å². The molecule has 0 atom stereocenters. The van der Waals surface area contributed by atoms with Crippen molar-refractivity contribution in [1.29, 1.82) is 0 Å². The topological polar surface area (TPSA) is 48.2 Å². The summed E-state index contributed by atoms with van der Waals surface area (Å²) in [7, 11) is 0. The number of ether oxygens (including phenoxy) is 1. The standard InChI is InChI=1S/C24H21ClN2O2/c25-21-11-4-3-10-20(21)24(12-14-28-15-13-24)23-27-26-22(29-23)16-18-8-5-7-17-6-1-2-9-19(17)18/h1-11H,12-16H2. The zero-order chi connectivity index (χ0) is 19.7. The van der Waals surface area contributed by atoms with Crippen molar-refractivity contribution in [1.82, 2.24) is 10.2 Å². The molecule has 1 aromatic heterocycles. The van der Waals surface area contributed by atoms with E-state index in [2.05, 4.69) is 58.7 Å². The molecule has 0 N–H and O–H groups in total. The van der Waals surface area contributed by atoms with Crippen molar-refractivity contribution < 1.29 is 9.15 Å². The highest BCUT2D eigenvalue weighted by molar-refractivity contribution is 6.31. The largest absolute Gasteiger partial charge is 0.424 e. The summed E-state index contributed by atoms with van der Waals surface area (Å²) >= 11 is 6.57. The molecule has 0 amide bonds. The third kappa shape index (κ3) is 3.33. The molecule has 0 radical (unpaired) electrons. The van der Waals surface area contributed by atoms with Crippen LogP contribution in [0.1, 0.15) is 35.7 Å². The first-order valence-electron chi connectivity index (χ1n) is 9.88. The monoisotopic (exact) mass is 404 g/mol. The smallest absolute Gasteiger partial charge is 0.227 e. The van der Waals surface area contributed by atoms with Crippen LogP contribution >= 0.6 is 11.6 Å². The van der Waals surface area contributed by atoms with Gasteiger partial charge in [-0.15, -0.1) is 10.2 Å². The van der Waals surface area contributed by atoms with Gasteiger partial charge in [0.1, 0.15) is 0 Å². The molecule has 3 aromatic carbocycles. The molecule has 4 aromatic rings. The molecular formula is C24H21ClN2O2. The molecule has 0 spiro atoms. The summed E-state index contributed by atoms with van der Waals surface area (Å²) in [6, 6.07) is 22.6. The van der Waals surface area contributed by atoms with Crippen LogP contribution in [0.3, 0.4) is 0 Å². The molecule has 5 heteroatoms. The van der Waals surface area contributed by atoms with Crippen LogP contribution in [-0.4, -0.2) is 23.4 Å². The number of rotatable bonds is 4. The molecule has 29 heavy (non-hydrogen) atoms. The first-order valence-corrected chi connectivity index (χ1v) is 10.3. The Kier molecular flexibility index (Phi) is 4.82. The van der Waals surface area contributed by atoms with Gasteiger partial charge in [0.25, 0.3) is 0 Å². The lowest BCUT2D eigenvalue weighted by atomic mass is 9.74.